The van der Waals surface area contributed by atoms with Crippen molar-refractivity contribution < 1.29 is 4.79 Å². The lowest BCUT2D eigenvalue weighted by molar-refractivity contribution is 0.102. The summed E-state index contributed by atoms with van der Waals surface area (Å²) in [6.45, 7) is 7.53. The van der Waals surface area contributed by atoms with Gasteiger partial charge in [0.15, 0.2) is 0 Å². The van der Waals surface area contributed by atoms with Crippen molar-refractivity contribution in [1.82, 2.24) is 14.5 Å². The normalized spacial score (nSPS) is 14.9. The van der Waals surface area contributed by atoms with E-state index in [9.17, 15) is 4.79 Å². The zero-order valence-electron chi connectivity index (χ0n) is 16.3. The van der Waals surface area contributed by atoms with Gasteiger partial charge < -0.3 is 9.88 Å². The highest BCUT2D eigenvalue weighted by molar-refractivity contribution is 6.30. The van der Waals surface area contributed by atoms with Crippen LogP contribution < -0.4 is 5.32 Å². The second-order valence-corrected chi connectivity index (χ2v) is 8.08. The maximum Gasteiger partial charge on any atom is 0.255 e. The zero-order chi connectivity index (χ0) is 19.7. The van der Waals surface area contributed by atoms with Crippen molar-refractivity contribution in [3.8, 4) is 0 Å². The minimum absolute atomic E-state index is 0.156. The van der Waals surface area contributed by atoms with E-state index in [0.717, 1.165) is 42.2 Å². The SMILES string of the molecule is CC(C)n1c(CN2CCCC2)nc2cc(NC(=O)c3ccc(Cl)cc3)ccc21. The molecular weight excluding hydrogens is 372 g/mol. The highest BCUT2D eigenvalue weighted by Crippen LogP contribution is 2.26. The predicted molar refractivity (Wildman–Crippen MR) is 114 cm³/mol. The van der Waals surface area contributed by atoms with Gasteiger partial charge in [-0.25, -0.2) is 4.98 Å². The molecule has 4 rings (SSSR count). The third-order valence-corrected chi connectivity index (χ3v) is 5.46. The van der Waals surface area contributed by atoms with Crippen LogP contribution >= 0.6 is 11.6 Å². The van der Waals surface area contributed by atoms with Gasteiger partial charge in [0, 0.05) is 22.3 Å². The Morgan fingerprint density at radius 3 is 2.54 bits per heavy atom. The molecule has 6 heteroatoms. The molecule has 0 saturated carbocycles. The summed E-state index contributed by atoms with van der Waals surface area (Å²) in [5, 5.41) is 3.57. The highest BCUT2D eigenvalue weighted by atomic mass is 35.5. The Hall–Kier alpha value is -2.37. The molecule has 1 aliphatic rings. The molecule has 0 bridgehead atoms. The van der Waals surface area contributed by atoms with E-state index in [0.29, 0.717) is 16.6 Å². The van der Waals surface area contributed by atoms with Crippen LogP contribution in [-0.2, 0) is 6.54 Å². The van der Waals surface area contributed by atoms with E-state index in [1.807, 2.05) is 18.2 Å². The van der Waals surface area contributed by atoms with Crippen LogP contribution in [0.2, 0.25) is 5.02 Å². The van der Waals surface area contributed by atoms with Gasteiger partial charge in [0.1, 0.15) is 5.82 Å². The Balaban J connectivity index is 1.61. The number of hydrogen-bond acceptors (Lipinski definition) is 3. The van der Waals surface area contributed by atoms with Crippen LogP contribution in [-0.4, -0.2) is 33.4 Å². The molecule has 2 heterocycles. The van der Waals surface area contributed by atoms with Crippen molar-refractivity contribution >= 4 is 34.2 Å². The fraction of sp³-hybridized carbons (Fsp3) is 0.364. The average Bonchev–Trinajstić information content (AvgIpc) is 3.29. The van der Waals surface area contributed by atoms with Gasteiger partial charge in [0.25, 0.3) is 5.91 Å². The molecule has 1 aliphatic heterocycles. The smallest absolute Gasteiger partial charge is 0.255 e. The van der Waals surface area contributed by atoms with Gasteiger partial charge in [-0.05, 0) is 82.2 Å². The lowest BCUT2D eigenvalue weighted by atomic mass is 10.2. The van der Waals surface area contributed by atoms with Gasteiger partial charge in [-0.3, -0.25) is 9.69 Å². The van der Waals surface area contributed by atoms with Crippen LogP contribution in [0.4, 0.5) is 5.69 Å². The number of likely N-dealkylation sites (tertiary alicyclic amines) is 1. The third-order valence-electron chi connectivity index (χ3n) is 5.21. The van der Waals surface area contributed by atoms with Crippen LogP contribution in [0.25, 0.3) is 11.0 Å². The fourth-order valence-corrected chi connectivity index (χ4v) is 3.99. The van der Waals surface area contributed by atoms with Crippen LogP contribution in [0.5, 0.6) is 0 Å². The number of imidazole rings is 1. The Kier molecular flexibility index (Phi) is 5.38. The van der Waals surface area contributed by atoms with E-state index in [4.69, 9.17) is 16.6 Å². The summed E-state index contributed by atoms with van der Waals surface area (Å²) in [7, 11) is 0. The first-order valence-corrected chi connectivity index (χ1v) is 10.2. The number of hydrogen-bond donors (Lipinski definition) is 1. The molecule has 1 amide bonds. The average molecular weight is 397 g/mol. The first-order chi connectivity index (χ1) is 13.5. The number of nitrogens with zero attached hydrogens (tertiary/aromatic N) is 3. The summed E-state index contributed by atoms with van der Waals surface area (Å²) in [6, 6.07) is 13.1. The first kappa shape index (κ1) is 19.0. The quantitative estimate of drug-likeness (QED) is 0.651. The molecule has 0 atom stereocenters. The molecule has 5 nitrogen and oxygen atoms in total. The minimum atomic E-state index is -0.156. The molecule has 1 N–H and O–H groups in total. The van der Waals surface area contributed by atoms with Crippen LogP contribution in [0.3, 0.4) is 0 Å². The van der Waals surface area contributed by atoms with E-state index < -0.39 is 0 Å². The van der Waals surface area contributed by atoms with Crippen molar-refractivity contribution in [3.63, 3.8) is 0 Å². The van der Waals surface area contributed by atoms with Crippen LogP contribution in [0.15, 0.2) is 42.5 Å². The summed E-state index contributed by atoms with van der Waals surface area (Å²) in [6.07, 6.45) is 2.53. The second-order valence-electron chi connectivity index (χ2n) is 7.64. The van der Waals surface area contributed by atoms with Crippen molar-refractivity contribution in [2.75, 3.05) is 18.4 Å². The van der Waals surface area contributed by atoms with Gasteiger partial charge in [-0.2, -0.15) is 0 Å². The maximum atomic E-state index is 12.5. The van der Waals surface area contributed by atoms with Crippen molar-refractivity contribution in [1.29, 1.82) is 0 Å². The van der Waals surface area contributed by atoms with E-state index in [2.05, 4.69) is 28.6 Å². The molecule has 0 unspecified atom stereocenters. The van der Waals surface area contributed by atoms with Gasteiger partial charge in [0.05, 0.1) is 17.6 Å². The summed E-state index contributed by atoms with van der Waals surface area (Å²) < 4.78 is 2.30. The molecule has 28 heavy (non-hydrogen) atoms. The number of aromatic nitrogens is 2. The van der Waals surface area contributed by atoms with E-state index in [1.165, 1.54) is 12.8 Å². The number of fused-ring (bicyclic) bond motifs is 1. The predicted octanol–water partition coefficient (Wildman–Crippen LogP) is 5.12. The number of nitrogens with one attached hydrogen (secondary N) is 1. The molecule has 3 aromatic rings. The largest absolute Gasteiger partial charge is 0.324 e. The van der Waals surface area contributed by atoms with Gasteiger partial charge in [-0.15, -0.1) is 0 Å². The Morgan fingerprint density at radius 1 is 1.14 bits per heavy atom. The van der Waals surface area contributed by atoms with E-state index in [1.54, 1.807) is 24.3 Å². The van der Waals surface area contributed by atoms with Gasteiger partial charge in [-0.1, -0.05) is 11.6 Å². The monoisotopic (exact) mass is 396 g/mol. The summed E-state index contributed by atoms with van der Waals surface area (Å²) >= 11 is 5.90. The number of carbonyl (C=O) groups excluding carboxylic acids is 1. The van der Waals surface area contributed by atoms with E-state index >= 15 is 0 Å². The lowest BCUT2D eigenvalue weighted by Gasteiger charge is -2.18. The van der Waals surface area contributed by atoms with Crippen molar-refractivity contribution in [3.05, 3.63) is 58.9 Å². The third kappa shape index (κ3) is 3.91. The summed E-state index contributed by atoms with van der Waals surface area (Å²) in [5.74, 6) is 0.935. The lowest BCUT2D eigenvalue weighted by Crippen LogP contribution is -2.21. The molecule has 1 fully saturated rings. The number of benzene rings is 2. The molecule has 0 radical (unpaired) electrons. The number of rotatable bonds is 5. The minimum Gasteiger partial charge on any atom is -0.324 e. The topological polar surface area (TPSA) is 50.2 Å². The van der Waals surface area contributed by atoms with E-state index in [-0.39, 0.29) is 5.91 Å². The van der Waals surface area contributed by atoms with Gasteiger partial charge >= 0.3 is 0 Å². The number of halogens is 1. The first-order valence-electron chi connectivity index (χ1n) is 9.81. The highest BCUT2D eigenvalue weighted by Gasteiger charge is 2.19. The Bertz CT molecular complexity index is 988. The Labute approximate surface area is 170 Å². The van der Waals surface area contributed by atoms with Gasteiger partial charge in [0.2, 0.25) is 0 Å². The van der Waals surface area contributed by atoms with Crippen LogP contribution in [0, 0.1) is 0 Å². The van der Waals surface area contributed by atoms with Crippen molar-refractivity contribution in [2.45, 2.75) is 39.3 Å². The molecule has 0 aliphatic carbocycles. The number of carbonyl (C=O) groups is 1. The maximum absolute atomic E-state index is 12.5. The molecule has 146 valence electrons. The fourth-order valence-electron chi connectivity index (χ4n) is 3.86. The Morgan fingerprint density at radius 2 is 1.86 bits per heavy atom. The number of amides is 1. The summed E-state index contributed by atoms with van der Waals surface area (Å²) in [5.41, 5.74) is 3.34. The zero-order valence-corrected chi connectivity index (χ0v) is 17.0. The summed E-state index contributed by atoms with van der Waals surface area (Å²) in [4.78, 5) is 19.8. The standard InChI is InChI=1S/C22H25ClN4O/c1-15(2)27-20-10-9-18(24-22(28)16-5-7-17(23)8-6-16)13-19(20)25-21(27)14-26-11-3-4-12-26/h5-10,13,15H,3-4,11-12,14H2,1-2H3,(H,24,28). The molecule has 0 spiro atoms. The molecular formula is C22H25ClN4O. The molecule has 1 aromatic heterocycles. The number of anilines is 1. The molecule has 1 saturated heterocycles. The second kappa shape index (κ2) is 7.94. The molecule has 2 aromatic carbocycles. The van der Waals surface area contributed by atoms with Crippen LogP contribution in [0.1, 0.15) is 48.9 Å². The van der Waals surface area contributed by atoms with Crippen molar-refractivity contribution in [2.24, 2.45) is 0 Å².